The predicted molar refractivity (Wildman–Crippen MR) is 79.3 cm³/mol. The Balaban J connectivity index is 2.48. The Hall–Kier alpha value is -2.00. The van der Waals surface area contributed by atoms with E-state index in [0.717, 1.165) is 31.2 Å². The van der Waals surface area contributed by atoms with Gasteiger partial charge in [0.1, 0.15) is 0 Å². The van der Waals surface area contributed by atoms with Gasteiger partial charge < -0.3 is 10.6 Å². The third-order valence-corrected chi connectivity index (χ3v) is 4.78. The van der Waals surface area contributed by atoms with Gasteiger partial charge >= 0.3 is 0 Å². The summed E-state index contributed by atoms with van der Waals surface area (Å²) in [5.74, 6) is -0.429. The number of nitro groups is 1. The maximum atomic E-state index is 12.5. The first-order valence-corrected chi connectivity index (χ1v) is 8.63. The summed E-state index contributed by atoms with van der Waals surface area (Å²) in [6.45, 7) is 0.817. The highest BCUT2D eigenvalue weighted by atomic mass is 32.2. The second kappa shape index (κ2) is 6.01. The van der Waals surface area contributed by atoms with Crippen molar-refractivity contribution in [3.63, 3.8) is 0 Å². The van der Waals surface area contributed by atoms with Gasteiger partial charge in [0.15, 0.2) is 9.84 Å². The smallest absolute Gasteiger partial charge is 0.271 e. The van der Waals surface area contributed by atoms with Crippen LogP contribution in [-0.2, 0) is 9.84 Å². The number of likely N-dealkylation sites (tertiary alicyclic amines) is 1. The SMILES string of the molecule is CS(=O)(=O)c1cc(C(=O)N2CCCC2CN)cc([N+](=O)[O-])c1. The summed E-state index contributed by atoms with van der Waals surface area (Å²) in [6, 6.07) is 3.11. The van der Waals surface area contributed by atoms with Crippen LogP contribution in [-0.4, -0.2) is 49.5 Å². The van der Waals surface area contributed by atoms with E-state index in [1.165, 1.54) is 6.07 Å². The van der Waals surface area contributed by atoms with E-state index in [-0.39, 0.29) is 16.5 Å². The van der Waals surface area contributed by atoms with Gasteiger partial charge in [-0.1, -0.05) is 0 Å². The molecule has 1 unspecified atom stereocenters. The summed E-state index contributed by atoms with van der Waals surface area (Å²) in [7, 11) is -3.66. The predicted octanol–water partition coefficient (Wildman–Crippen LogP) is 0.562. The van der Waals surface area contributed by atoms with Crippen LogP contribution in [0.25, 0.3) is 0 Å². The molecule has 1 aliphatic heterocycles. The molecule has 120 valence electrons. The van der Waals surface area contributed by atoms with Crippen LogP contribution in [0.1, 0.15) is 23.2 Å². The van der Waals surface area contributed by atoms with E-state index in [9.17, 15) is 23.3 Å². The Morgan fingerprint density at radius 1 is 1.45 bits per heavy atom. The molecule has 0 aromatic heterocycles. The molecule has 1 aliphatic rings. The van der Waals surface area contributed by atoms with E-state index in [1.807, 2.05) is 0 Å². The molecular weight excluding hydrogens is 310 g/mol. The molecule has 0 bridgehead atoms. The zero-order valence-corrected chi connectivity index (χ0v) is 12.9. The minimum atomic E-state index is -3.66. The number of nitrogens with zero attached hydrogens (tertiary/aromatic N) is 2. The highest BCUT2D eigenvalue weighted by Gasteiger charge is 2.30. The largest absolute Gasteiger partial charge is 0.334 e. The van der Waals surface area contributed by atoms with Gasteiger partial charge in [0.25, 0.3) is 11.6 Å². The molecule has 2 N–H and O–H groups in total. The lowest BCUT2D eigenvalue weighted by Gasteiger charge is -2.23. The lowest BCUT2D eigenvalue weighted by atomic mass is 10.1. The summed E-state index contributed by atoms with van der Waals surface area (Å²) >= 11 is 0. The number of benzene rings is 1. The first-order valence-electron chi connectivity index (χ1n) is 6.74. The normalized spacial score (nSPS) is 18.5. The van der Waals surface area contributed by atoms with Crippen LogP contribution in [0.15, 0.2) is 23.1 Å². The Morgan fingerprint density at radius 3 is 2.68 bits per heavy atom. The van der Waals surface area contributed by atoms with E-state index < -0.39 is 26.4 Å². The molecule has 1 saturated heterocycles. The first-order chi connectivity index (χ1) is 10.2. The van der Waals surface area contributed by atoms with E-state index >= 15 is 0 Å². The lowest BCUT2D eigenvalue weighted by Crippen LogP contribution is -2.40. The molecule has 1 fully saturated rings. The standard InChI is InChI=1S/C13H17N3O5S/c1-22(20,21)12-6-9(5-11(7-12)16(18)19)13(17)15-4-2-3-10(15)8-14/h5-7,10H,2-4,8,14H2,1H3. The number of sulfone groups is 1. The molecule has 1 aromatic rings. The van der Waals surface area contributed by atoms with Crippen molar-refractivity contribution in [1.82, 2.24) is 4.90 Å². The van der Waals surface area contributed by atoms with Crippen LogP contribution in [0.5, 0.6) is 0 Å². The van der Waals surface area contributed by atoms with E-state index in [0.29, 0.717) is 13.1 Å². The number of nitrogens with two attached hydrogens (primary N) is 1. The first kappa shape index (κ1) is 16.4. The van der Waals surface area contributed by atoms with Gasteiger partial charge in [-0.15, -0.1) is 0 Å². The van der Waals surface area contributed by atoms with Gasteiger partial charge in [-0.25, -0.2) is 8.42 Å². The topological polar surface area (TPSA) is 124 Å². The van der Waals surface area contributed by atoms with E-state index in [4.69, 9.17) is 5.73 Å². The summed E-state index contributed by atoms with van der Waals surface area (Å²) in [4.78, 5) is 24.1. The Morgan fingerprint density at radius 2 is 2.14 bits per heavy atom. The number of non-ortho nitro benzene ring substituents is 1. The fraction of sp³-hybridized carbons (Fsp3) is 0.462. The van der Waals surface area contributed by atoms with Gasteiger partial charge in [-0.05, 0) is 18.9 Å². The molecule has 1 amide bonds. The van der Waals surface area contributed by atoms with Gasteiger partial charge in [0.05, 0.1) is 9.82 Å². The molecule has 0 radical (unpaired) electrons. The molecule has 0 aliphatic carbocycles. The summed E-state index contributed by atoms with van der Waals surface area (Å²) < 4.78 is 23.3. The Labute approximate surface area is 128 Å². The second-order valence-corrected chi connectivity index (χ2v) is 7.29. The molecule has 1 atom stereocenters. The van der Waals surface area contributed by atoms with Crippen LogP contribution >= 0.6 is 0 Å². The van der Waals surface area contributed by atoms with E-state index in [1.54, 1.807) is 4.90 Å². The van der Waals surface area contributed by atoms with Crippen LogP contribution in [0, 0.1) is 10.1 Å². The van der Waals surface area contributed by atoms with E-state index in [2.05, 4.69) is 0 Å². The van der Waals surface area contributed by atoms with Crippen molar-refractivity contribution in [3.05, 3.63) is 33.9 Å². The van der Waals surface area contributed by atoms with Crippen LogP contribution < -0.4 is 5.73 Å². The van der Waals surface area contributed by atoms with Gasteiger partial charge in [-0.2, -0.15) is 0 Å². The quantitative estimate of drug-likeness (QED) is 0.636. The number of carbonyl (C=O) groups excluding carboxylic acids is 1. The second-order valence-electron chi connectivity index (χ2n) is 5.28. The Kier molecular flexibility index (Phi) is 4.47. The van der Waals surface area contributed by atoms with Crippen molar-refractivity contribution < 1.29 is 18.1 Å². The molecule has 0 spiro atoms. The summed E-state index contributed by atoms with van der Waals surface area (Å²) in [6.07, 6.45) is 2.52. The number of carbonyl (C=O) groups is 1. The Bertz CT molecular complexity index is 716. The molecular formula is C13H17N3O5S. The molecule has 22 heavy (non-hydrogen) atoms. The highest BCUT2D eigenvalue weighted by molar-refractivity contribution is 7.90. The van der Waals surface area contributed by atoms with Crippen molar-refractivity contribution >= 4 is 21.4 Å². The zero-order valence-electron chi connectivity index (χ0n) is 12.1. The van der Waals surface area contributed by atoms with Crippen molar-refractivity contribution in [2.75, 3.05) is 19.3 Å². The number of nitro benzene ring substituents is 1. The van der Waals surface area contributed by atoms with Crippen molar-refractivity contribution in [1.29, 1.82) is 0 Å². The maximum Gasteiger partial charge on any atom is 0.271 e. The molecule has 9 heteroatoms. The fourth-order valence-corrected chi connectivity index (χ4v) is 3.22. The molecule has 2 rings (SSSR count). The van der Waals surface area contributed by atoms with Crippen molar-refractivity contribution in [2.24, 2.45) is 5.73 Å². The average Bonchev–Trinajstić information content (AvgIpc) is 2.93. The van der Waals surface area contributed by atoms with Crippen molar-refractivity contribution in [3.8, 4) is 0 Å². The fourth-order valence-electron chi connectivity index (χ4n) is 2.54. The number of amides is 1. The molecule has 0 saturated carbocycles. The van der Waals surface area contributed by atoms with Crippen molar-refractivity contribution in [2.45, 2.75) is 23.8 Å². The third kappa shape index (κ3) is 3.25. The molecule has 1 heterocycles. The van der Waals surface area contributed by atoms with Gasteiger partial charge in [0.2, 0.25) is 0 Å². The summed E-state index contributed by atoms with van der Waals surface area (Å²) in [5, 5.41) is 11.0. The minimum absolute atomic E-state index is 0.00465. The van der Waals surface area contributed by atoms with Gasteiger partial charge in [0, 0.05) is 43.1 Å². The number of hydrogen-bond donors (Lipinski definition) is 1. The number of hydrogen-bond acceptors (Lipinski definition) is 6. The van der Waals surface area contributed by atoms with Crippen LogP contribution in [0.3, 0.4) is 0 Å². The minimum Gasteiger partial charge on any atom is -0.334 e. The summed E-state index contributed by atoms with van der Waals surface area (Å²) in [5.41, 5.74) is 5.19. The zero-order chi connectivity index (χ0) is 16.5. The molecule has 1 aromatic carbocycles. The van der Waals surface area contributed by atoms with Gasteiger partial charge in [-0.3, -0.25) is 14.9 Å². The lowest BCUT2D eigenvalue weighted by molar-refractivity contribution is -0.385. The highest BCUT2D eigenvalue weighted by Crippen LogP contribution is 2.25. The van der Waals surface area contributed by atoms with Crippen LogP contribution in [0.4, 0.5) is 5.69 Å². The maximum absolute atomic E-state index is 12.5. The van der Waals surface area contributed by atoms with Crippen LogP contribution in [0.2, 0.25) is 0 Å². The average molecular weight is 327 g/mol. The monoisotopic (exact) mass is 327 g/mol. The number of rotatable bonds is 4. The molecule has 8 nitrogen and oxygen atoms in total. The third-order valence-electron chi connectivity index (χ3n) is 3.69.